The van der Waals surface area contributed by atoms with Crippen molar-refractivity contribution in [3.05, 3.63) is 109 Å². The molecule has 0 spiro atoms. The minimum absolute atomic E-state index is 0.101. The number of carbonyl (C=O) groups is 2. The van der Waals surface area contributed by atoms with Crippen molar-refractivity contribution < 1.29 is 24.2 Å². The smallest absolute Gasteiger partial charge is 0.306 e. The zero-order valence-corrected chi connectivity index (χ0v) is 42.9. The van der Waals surface area contributed by atoms with Gasteiger partial charge < -0.3 is 14.6 Å². The van der Waals surface area contributed by atoms with Crippen molar-refractivity contribution >= 4 is 11.9 Å². The Hall–Kier alpha value is -3.44. The van der Waals surface area contributed by atoms with Crippen molar-refractivity contribution in [3.63, 3.8) is 0 Å². The summed E-state index contributed by atoms with van der Waals surface area (Å²) in [6.07, 6.45) is 80.7. The first-order valence-electron chi connectivity index (χ1n) is 27.4. The van der Waals surface area contributed by atoms with Gasteiger partial charge in [-0.3, -0.25) is 9.59 Å². The summed E-state index contributed by atoms with van der Waals surface area (Å²) in [5, 5.41) is 9.62. The first kappa shape index (κ1) is 62.6. The molecule has 0 rings (SSSR count). The van der Waals surface area contributed by atoms with Gasteiger partial charge in [0.1, 0.15) is 6.61 Å². The Morgan fingerprint density at radius 2 is 0.682 bits per heavy atom. The highest BCUT2D eigenvalue weighted by Crippen LogP contribution is 2.16. The lowest BCUT2D eigenvalue weighted by molar-refractivity contribution is -0.161. The predicted molar refractivity (Wildman–Crippen MR) is 288 cm³/mol. The molecule has 0 aromatic heterocycles. The van der Waals surface area contributed by atoms with Gasteiger partial charge in [0.2, 0.25) is 0 Å². The molecule has 5 nitrogen and oxygen atoms in total. The number of hydrogen-bond acceptors (Lipinski definition) is 5. The van der Waals surface area contributed by atoms with Crippen LogP contribution in [0.3, 0.4) is 0 Å². The van der Waals surface area contributed by atoms with E-state index in [0.717, 1.165) is 70.6 Å². The lowest BCUT2D eigenvalue weighted by atomic mass is 10.0. The molecule has 5 heteroatoms. The number of ether oxygens (including phenoxy) is 2. The standard InChI is InChI=1S/C61H102O5/c1-3-5-7-9-11-13-15-17-19-21-23-24-25-26-27-28-29-30-31-32-33-34-35-36-38-39-41-43-45-47-49-51-53-55-60(63)65-58-59(57-62)66-61(64)56-54-52-50-48-46-44-42-40-37-22-20-18-16-14-12-10-8-6-4-2/h6,8,12,14-15,17-18,20-21,23,25-26,37,40,44,46,50,52,59,62H,3-5,7,9-11,13,16,19,22,24,27-36,38-39,41-43,45,47-49,51,53-58H2,1-2H3/b8-6-,14-12-,17-15-,20-18-,23-21-,26-25-,40-37-,46-44-,52-50-. The van der Waals surface area contributed by atoms with E-state index in [4.69, 9.17) is 9.47 Å². The highest BCUT2D eigenvalue weighted by Gasteiger charge is 2.15. The van der Waals surface area contributed by atoms with Crippen molar-refractivity contribution in [1.29, 1.82) is 0 Å². The highest BCUT2D eigenvalue weighted by atomic mass is 16.6. The third-order valence-corrected chi connectivity index (χ3v) is 11.6. The number of allylic oxidation sites excluding steroid dienone is 18. The lowest BCUT2D eigenvalue weighted by Gasteiger charge is -2.15. The van der Waals surface area contributed by atoms with Gasteiger partial charge in [-0.05, 0) is 89.9 Å². The van der Waals surface area contributed by atoms with E-state index in [1.54, 1.807) is 0 Å². The molecule has 1 N–H and O–H groups in total. The van der Waals surface area contributed by atoms with Gasteiger partial charge in [-0.1, -0.05) is 252 Å². The van der Waals surface area contributed by atoms with E-state index in [0.29, 0.717) is 12.8 Å². The molecule has 0 aliphatic rings. The molecular weight excluding hydrogens is 813 g/mol. The molecule has 0 fully saturated rings. The summed E-state index contributed by atoms with van der Waals surface area (Å²) in [5.41, 5.74) is 0. The average molecular weight is 915 g/mol. The molecule has 0 aromatic carbocycles. The Morgan fingerprint density at radius 1 is 0.364 bits per heavy atom. The first-order chi connectivity index (χ1) is 32.6. The van der Waals surface area contributed by atoms with Crippen molar-refractivity contribution in [3.8, 4) is 0 Å². The van der Waals surface area contributed by atoms with Gasteiger partial charge in [0.25, 0.3) is 0 Å². The Morgan fingerprint density at radius 3 is 1.05 bits per heavy atom. The van der Waals surface area contributed by atoms with Gasteiger partial charge in [-0.2, -0.15) is 0 Å². The van der Waals surface area contributed by atoms with Crippen LogP contribution in [0.5, 0.6) is 0 Å². The monoisotopic (exact) mass is 915 g/mol. The van der Waals surface area contributed by atoms with Crippen LogP contribution in [0.25, 0.3) is 0 Å². The first-order valence-corrected chi connectivity index (χ1v) is 27.4. The van der Waals surface area contributed by atoms with E-state index < -0.39 is 12.1 Å². The average Bonchev–Trinajstić information content (AvgIpc) is 3.32. The second-order valence-corrected chi connectivity index (χ2v) is 17.9. The molecule has 1 unspecified atom stereocenters. The van der Waals surface area contributed by atoms with Crippen LogP contribution in [-0.4, -0.2) is 36.4 Å². The molecule has 376 valence electrons. The van der Waals surface area contributed by atoms with Crippen LogP contribution >= 0.6 is 0 Å². The lowest BCUT2D eigenvalue weighted by Crippen LogP contribution is -2.28. The Labute approximate surface area is 408 Å². The quantitative estimate of drug-likeness (QED) is 0.0374. The van der Waals surface area contributed by atoms with Crippen LogP contribution in [0.4, 0.5) is 0 Å². The summed E-state index contributed by atoms with van der Waals surface area (Å²) >= 11 is 0. The molecule has 0 heterocycles. The third kappa shape index (κ3) is 53.2. The molecular formula is C61H102O5. The summed E-state index contributed by atoms with van der Waals surface area (Å²) in [5.74, 6) is -0.689. The van der Waals surface area contributed by atoms with Gasteiger partial charge in [0.15, 0.2) is 6.10 Å². The second-order valence-electron chi connectivity index (χ2n) is 17.9. The number of aliphatic hydroxyl groups is 1. The number of carbonyl (C=O) groups excluding carboxylic acids is 2. The maximum atomic E-state index is 12.2. The summed E-state index contributed by atoms with van der Waals surface area (Å²) in [4.78, 5) is 24.4. The summed E-state index contributed by atoms with van der Waals surface area (Å²) in [7, 11) is 0. The Bertz CT molecular complexity index is 1310. The summed E-state index contributed by atoms with van der Waals surface area (Å²) < 4.78 is 10.6. The zero-order chi connectivity index (χ0) is 47.7. The maximum Gasteiger partial charge on any atom is 0.306 e. The summed E-state index contributed by atoms with van der Waals surface area (Å²) in [6.45, 7) is 3.96. The number of rotatable bonds is 49. The number of esters is 2. The van der Waals surface area contributed by atoms with Gasteiger partial charge >= 0.3 is 11.9 Å². The van der Waals surface area contributed by atoms with E-state index >= 15 is 0 Å². The van der Waals surface area contributed by atoms with Crippen LogP contribution in [0.15, 0.2) is 109 Å². The minimum atomic E-state index is -0.819. The van der Waals surface area contributed by atoms with E-state index in [2.05, 4.69) is 111 Å². The molecule has 0 amide bonds. The fourth-order valence-corrected chi connectivity index (χ4v) is 7.47. The molecule has 0 aliphatic carbocycles. The van der Waals surface area contributed by atoms with Crippen molar-refractivity contribution in [2.24, 2.45) is 0 Å². The predicted octanol–water partition coefficient (Wildman–Crippen LogP) is 18.5. The Kier molecular flexibility index (Phi) is 53.0. The molecule has 0 aromatic rings. The van der Waals surface area contributed by atoms with Gasteiger partial charge in [-0.15, -0.1) is 0 Å². The number of unbranched alkanes of at least 4 members (excludes halogenated alkanes) is 23. The van der Waals surface area contributed by atoms with Crippen molar-refractivity contribution in [1.82, 2.24) is 0 Å². The second kappa shape index (κ2) is 55.9. The molecule has 0 bridgehead atoms. The number of aliphatic hydroxyl groups excluding tert-OH is 1. The third-order valence-electron chi connectivity index (χ3n) is 11.6. The molecule has 0 radical (unpaired) electrons. The number of hydrogen-bond donors (Lipinski definition) is 1. The molecule has 0 saturated heterocycles. The van der Waals surface area contributed by atoms with E-state index in [1.165, 1.54) is 141 Å². The van der Waals surface area contributed by atoms with E-state index in [1.807, 2.05) is 12.2 Å². The van der Waals surface area contributed by atoms with Crippen molar-refractivity contribution in [2.75, 3.05) is 13.2 Å². The Balaban J connectivity index is 3.54. The van der Waals surface area contributed by atoms with Crippen molar-refractivity contribution in [2.45, 2.75) is 251 Å². The van der Waals surface area contributed by atoms with Crippen LogP contribution in [0.2, 0.25) is 0 Å². The topological polar surface area (TPSA) is 72.8 Å². The van der Waals surface area contributed by atoms with E-state index in [9.17, 15) is 14.7 Å². The highest BCUT2D eigenvalue weighted by molar-refractivity contribution is 5.70. The fourth-order valence-electron chi connectivity index (χ4n) is 7.47. The SMILES string of the molecule is CC/C=C\C/C=C\C/C=C\C/C=C\C/C=C\C/C=C\CCC(=O)OC(CO)COC(=O)CCCCCCCCCCCCCCCCCCCC/C=C\C/C=C\C/C=C\CCCCCCC. The zero-order valence-electron chi connectivity index (χ0n) is 42.9. The fraction of sp³-hybridized carbons (Fsp3) is 0.672. The molecule has 0 aliphatic heterocycles. The van der Waals surface area contributed by atoms with E-state index in [-0.39, 0.29) is 25.6 Å². The van der Waals surface area contributed by atoms with Gasteiger partial charge in [0, 0.05) is 12.8 Å². The normalized spacial score (nSPS) is 13.1. The van der Waals surface area contributed by atoms with Crippen LogP contribution in [0.1, 0.15) is 245 Å². The maximum absolute atomic E-state index is 12.2. The largest absolute Gasteiger partial charge is 0.462 e. The van der Waals surface area contributed by atoms with Gasteiger partial charge in [0.05, 0.1) is 6.61 Å². The summed E-state index contributed by atoms with van der Waals surface area (Å²) in [6, 6.07) is 0. The molecule has 66 heavy (non-hydrogen) atoms. The molecule has 1 atom stereocenters. The minimum Gasteiger partial charge on any atom is -0.462 e. The van der Waals surface area contributed by atoms with Crippen LogP contribution < -0.4 is 0 Å². The molecule has 0 saturated carbocycles. The van der Waals surface area contributed by atoms with Gasteiger partial charge in [-0.25, -0.2) is 0 Å². The van der Waals surface area contributed by atoms with Crippen LogP contribution in [-0.2, 0) is 19.1 Å². The van der Waals surface area contributed by atoms with Crippen LogP contribution in [0, 0.1) is 0 Å².